The average molecular weight is 428 g/mol. The zero-order valence-corrected chi connectivity index (χ0v) is 17.2. The molecular weight excluding hydrogens is 408 g/mol. The molecule has 2 amide bonds. The first-order chi connectivity index (χ1) is 14.4. The summed E-state index contributed by atoms with van der Waals surface area (Å²) in [5.74, 6) is 0.0442. The lowest BCUT2D eigenvalue weighted by Gasteiger charge is -2.22. The van der Waals surface area contributed by atoms with Crippen molar-refractivity contribution >= 4 is 45.8 Å². The van der Waals surface area contributed by atoms with Crippen LogP contribution in [0, 0.1) is 17.0 Å². The van der Waals surface area contributed by atoms with Gasteiger partial charge in [-0.2, -0.15) is 0 Å². The summed E-state index contributed by atoms with van der Waals surface area (Å²) in [6, 6.07) is 11.3. The maximum atomic E-state index is 12.7. The lowest BCUT2D eigenvalue weighted by molar-refractivity contribution is -0.384. The Morgan fingerprint density at radius 3 is 2.70 bits per heavy atom. The van der Waals surface area contributed by atoms with Gasteiger partial charge in [0.2, 0.25) is 11.8 Å². The highest BCUT2D eigenvalue weighted by molar-refractivity contribution is 8.15. The second-order valence-corrected chi connectivity index (χ2v) is 7.64. The van der Waals surface area contributed by atoms with Crippen LogP contribution in [0.3, 0.4) is 0 Å². The van der Waals surface area contributed by atoms with Gasteiger partial charge >= 0.3 is 0 Å². The summed E-state index contributed by atoms with van der Waals surface area (Å²) in [4.78, 5) is 39.5. The molecule has 0 aromatic heterocycles. The Balaban J connectivity index is 1.71. The molecule has 0 spiro atoms. The first-order valence-electron chi connectivity index (χ1n) is 9.19. The summed E-state index contributed by atoms with van der Waals surface area (Å²) in [7, 11) is 0. The third kappa shape index (κ3) is 5.35. The number of anilines is 1. The molecule has 0 aliphatic carbocycles. The van der Waals surface area contributed by atoms with Crippen molar-refractivity contribution < 1.29 is 19.2 Å². The third-order valence-corrected chi connectivity index (χ3v) is 5.30. The summed E-state index contributed by atoms with van der Waals surface area (Å²) in [5, 5.41) is 15.9. The predicted molar refractivity (Wildman–Crippen MR) is 115 cm³/mol. The highest BCUT2D eigenvalue weighted by atomic mass is 32.2. The van der Waals surface area contributed by atoms with Gasteiger partial charge in [0.25, 0.3) is 5.69 Å². The maximum absolute atomic E-state index is 12.7. The Labute approximate surface area is 177 Å². The highest BCUT2D eigenvalue weighted by Crippen LogP contribution is 2.27. The molecule has 0 unspecified atom stereocenters. The van der Waals surface area contributed by atoms with Crippen molar-refractivity contribution in [3.8, 4) is 5.75 Å². The quantitative estimate of drug-likeness (QED) is 0.536. The van der Waals surface area contributed by atoms with Crippen LogP contribution in [0.5, 0.6) is 5.75 Å². The lowest BCUT2D eigenvalue weighted by atomic mass is 10.1. The minimum absolute atomic E-state index is 0.00479. The predicted octanol–water partition coefficient (Wildman–Crippen LogP) is 3.55. The van der Waals surface area contributed by atoms with E-state index in [0.717, 1.165) is 17.5 Å². The molecule has 10 heteroatoms. The maximum Gasteiger partial charge on any atom is 0.269 e. The van der Waals surface area contributed by atoms with Crippen LogP contribution < -0.4 is 15.4 Å². The van der Waals surface area contributed by atoms with E-state index in [1.165, 1.54) is 18.2 Å². The molecule has 1 fully saturated rings. The molecule has 3 rings (SSSR count). The van der Waals surface area contributed by atoms with E-state index in [9.17, 15) is 19.7 Å². The van der Waals surface area contributed by atoms with E-state index in [-0.39, 0.29) is 23.9 Å². The van der Waals surface area contributed by atoms with E-state index in [4.69, 9.17) is 4.74 Å². The van der Waals surface area contributed by atoms with Crippen molar-refractivity contribution in [2.45, 2.75) is 25.5 Å². The fourth-order valence-corrected chi connectivity index (χ4v) is 3.76. The van der Waals surface area contributed by atoms with E-state index in [1.54, 1.807) is 31.2 Å². The second kappa shape index (κ2) is 9.40. The lowest BCUT2D eigenvalue weighted by Crippen LogP contribution is -2.41. The number of nitro benzene ring substituents is 1. The number of rotatable bonds is 6. The van der Waals surface area contributed by atoms with Crippen molar-refractivity contribution in [2.24, 2.45) is 4.99 Å². The molecule has 9 nitrogen and oxygen atoms in total. The minimum Gasteiger partial charge on any atom is -0.494 e. The van der Waals surface area contributed by atoms with Gasteiger partial charge in [0, 0.05) is 24.2 Å². The number of nitrogens with one attached hydrogen (secondary N) is 2. The number of carbonyl (C=O) groups is 2. The molecule has 1 atom stereocenters. The molecule has 2 N–H and O–H groups in total. The van der Waals surface area contributed by atoms with Gasteiger partial charge in [0.15, 0.2) is 5.17 Å². The number of non-ortho nitro benzene ring substituents is 1. The van der Waals surface area contributed by atoms with Crippen molar-refractivity contribution in [1.82, 2.24) is 5.32 Å². The first kappa shape index (κ1) is 21.3. The number of amides is 2. The molecule has 156 valence electrons. The first-order valence-corrected chi connectivity index (χ1v) is 10.1. The monoisotopic (exact) mass is 428 g/mol. The number of hydrogen-bond donors (Lipinski definition) is 2. The standard InChI is InChI=1S/C20H20N4O5S/c1-3-29-15-7-4-13(5-8-15)21-20-23-18(25)11-17(30-20)19(26)22-16-9-6-14(24(27)28)10-12(16)2/h4-10,17H,3,11H2,1-2H3,(H,22,26)(H,21,23,25)/t17-/m1/s1. The summed E-state index contributed by atoms with van der Waals surface area (Å²) < 4.78 is 5.39. The summed E-state index contributed by atoms with van der Waals surface area (Å²) >= 11 is 1.15. The molecule has 1 aliphatic heterocycles. The van der Waals surface area contributed by atoms with E-state index < -0.39 is 10.2 Å². The van der Waals surface area contributed by atoms with Gasteiger partial charge < -0.3 is 15.4 Å². The van der Waals surface area contributed by atoms with Gasteiger partial charge in [0.05, 0.1) is 17.2 Å². The molecular formula is C20H20N4O5S. The van der Waals surface area contributed by atoms with Crippen LogP contribution >= 0.6 is 11.8 Å². The van der Waals surface area contributed by atoms with E-state index in [1.807, 2.05) is 6.92 Å². The molecule has 1 heterocycles. The number of nitro groups is 1. The van der Waals surface area contributed by atoms with Crippen LogP contribution in [0.2, 0.25) is 0 Å². The zero-order valence-electron chi connectivity index (χ0n) is 16.4. The van der Waals surface area contributed by atoms with Crippen molar-refractivity contribution in [3.05, 3.63) is 58.1 Å². The average Bonchev–Trinajstić information content (AvgIpc) is 2.70. The smallest absolute Gasteiger partial charge is 0.269 e. The van der Waals surface area contributed by atoms with Crippen LogP contribution in [-0.2, 0) is 9.59 Å². The van der Waals surface area contributed by atoms with Crippen LogP contribution in [0.1, 0.15) is 18.9 Å². The number of aliphatic imine (C=N–C) groups is 1. The normalized spacial score (nSPS) is 17.3. The Morgan fingerprint density at radius 1 is 1.33 bits per heavy atom. The summed E-state index contributed by atoms with van der Waals surface area (Å²) in [5.41, 5.74) is 1.59. The fraction of sp³-hybridized carbons (Fsp3) is 0.250. The molecule has 2 aromatic carbocycles. The molecule has 0 saturated carbocycles. The van der Waals surface area contributed by atoms with Crippen LogP contribution in [0.15, 0.2) is 47.5 Å². The largest absolute Gasteiger partial charge is 0.494 e. The molecule has 0 radical (unpaired) electrons. The Bertz CT molecular complexity index is 1010. The van der Waals surface area contributed by atoms with Crippen molar-refractivity contribution in [3.63, 3.8) is 0 Å². The molecule has 30 heavy (non-hydrogen) atoms. The van der Waals surface area contributed by atoms with Crippen LogP contribution in [0.25, 0.3) is 0 Å². The van der Waals surface area contributed by atoms with E-state index in [0.29, 0.717) is 28.7 Å². The number of hydrogen-bond acceptors (Lipinski definition) is 7. The van der Waals surface area contributed by atoms with Crippen LogP contribution in [-0.4, -0.2) is 33.8 Å². The van der Waals surface area contributed by atoms with E-state index >= 15 is 0 Å². The van der Waals surface area contributed by atoms with Gasteiger partial charge in [-0.15, -0.1) is 0 Å². The van der Waals surface area contributed by atoms with Crippen LogP contribution in [0.4, 0.5) is 17.1 Å². The zero-order chi connectivity index (χ0) is 21.7. The molecule has 2 aromatic rings. The van der Waals surface area contributed by atoms with Crippen molar-refractivity contribution in [2.75, 3.05) is 11.9 Å². The number of nitrogens with zero attached hydrogens (tertiary/aromatic N) is 2. The second-order valence-electron chi connectivity index (χ2n) is 6.45. The number of thioether (sulfide) groups is 1. The van der Waals surface area contributed by atoms with Crippen molar-refractivity contribution in [1.29, 1.82) is 0 Å². The van der Waals surface area contributed by atoms with Gasteiger partial charge in [0.1, 0.15) is 11.0 Å². The Morgan fingerprint density at radius 2 is 2.07 bits per heavy atom. The van der Waals surface area contributed by atoms with Gasteiger partial charge in [-0.25, -0.2) is 4.99 Å². The number of ether oxygens (including phenoxy) is 1. The minimum atomic E-state index is -0.671. The number of carbonyl (C=O) groups excluding carboxylic acids is 2. The Hall–Kier alpha value is -3.40. The number of amidine groups is 1. The van der Waals surface area contributed by atoms with Gasteiger partial charge in [-0.1, -0.05) is 11.8 Å². The third-order valence-electron chi connectivity index (χ3n) is 4.22. The SMILES string of the molecule is CCOc1ccc(N=C2NC(=O)C[C@H](C(=O)Nc3ccc([N+](=O)[O-])cc3C)S2)cc1. The van der Waals surface area contributed by atoms with Gasteiger partial charge in [-0.3, -0.25) is 19.7 Å². The highest BCUT2D eigenvalue weighted by Gasteiger charge is 2.30. The summed E-state index contributed by atoms with van der Waals surface area (Å²) in [6.45, 7) is 4.12. The summed E-state index contributed by atoms with van der Waals surface area (Å²) in [6.07, 6.45) is 0.00479. The topological polar surface area (TPSA) is 123 Å². The fourth-order valence-electron chi connectivity index (χ4n) is 2.76. The molecule has 0 bridgehead atoms. The van der Waals surface area contributed by atoms with Gasteiger partial charge in [-0.05, 0) is 49.7 Å². The number of aryl methyl sites for hydroxylation is 1. The Kier molecular flexibility index (Phi) is 6.68. The molecule has 1 saturated heterocycles. The van der Waals surface area contributed by atoms with E-state index in [2.05, 4.69) is 15.6 Å². The number of benzene rings is 2. The molecule has 1 aliphatic rings.